The van der Waals surface area contributed by atoms with Crippen molar-refractivity contribution in [3.63, 3.8) is 0 Å². The van der Waals surface area contributed by atoms with Gasteiger partial charge in [0.15, 0.2) is 0 Å². The van der Waals surface area contributed by atoms with E-state index in [1.54, 1.807) is 4.68 Å². The molecule has 0 amide bonds. The summed E-state index contributed by atoms with van der Waals surface area (Å²) in [6.07, 6.45) is 1.88. The average molecular weight is 247 g/mol. The minimum Gasteiger partial charge on any atom is -0.487 e. The van der Waals surface area contributed by atoms with Gasteiger partial charge in [0.1, 0.15) is 17.3 Å². The van der Waals surface area contributed by atoms with Gasteiger partial charge in [-0.3, -0.25) is 4.68 Å². The predicted molar refractivity (Wildman–Crippen MR) is 69.9 cm³/mol. The van der Waals surface area contributed by atoms with Crippen molar-refractivity contribution < 1.29 is 4.74 Å². The van der Waals surface area contributed by atoms with Crippen LogP contribution >= 0.6 is 12.2 Å². The first-order valence-corrected chi connectivity index (χ1v) is 5.57. The molecule has 0 bridgehead atoms. The van der Waals surface area contributed by atoms with Crippen LogP contribution in [-0.4, -0.2) is 14.8 Å². The van der Waals surface area contributed by atoms with Crippen molar-refractivity contribution >= 4 is 17.2 Å². The minimum atomic E-state index is 0.369. The van der Waals surface area contributed by atoms with E-state index in [1.165, 1.54) is 0 Å². The van der Waals surface area contributed by atoms with Gasteiger partial charge in [-0.25, -0.2) is 0 Å². The highest BCUT2D eigenvalue weighted by atomic mass is 32.1. The van der Waals surface area contributed by atoms with Gasteiger partial charge in [-0.15, -0.1) is 0 Å². The highest BCUT2D eigenvalue weighted by Crippen LogP contribution is 2.14. The molecule has 0 aliphatic carbocycles. The molecule has 0 saturated heterocycles. The normalized spacial score (nSPS) is 10.2. The van der Waals surface area contributed by atoms with E-state index in [1.807, 2.05) is 43.6 Å². The number of aromatic nitrogens is 2. The van der Waals surface area contributed by atoms with E-state index < -0.39 is 0 Å². The summed E-state index contributed by atoms with van der Waals surface area (Å²) in [5, 5.41) is 4.22. The summed E-state index contributed by atoms with van der Waals surface area (Å²) in [7, 11) is 1.87. The van der Waals surface area contributed by atoms with Crippen LogP contribution < -0.4 is 10.5 Å². The molecule has 2 aromatic rings. The number of thiocarbonyl (C=S) groups is 1. The minimum absolute atomic E-state index is 0.369. The Morgan fingerprint density at radius 1 is 1.47 bits per heavy atom. The van der Waals surface area contributed by atoms with Crippen LogP contribution in [0.2, 0.25) is 0 Å². The summed E-state index contributed by atoms with van der Waals surface area (Å²) < 4.78 is 7.35. The van der Waals surface area contributed by atoms with Crippen molar-refractivity contribution in [1.29, 1.82) is 0 Å². The first-order chi connectivity index (χ1) is 8.15. The molecule has 88 valence electrons. The third kappa shape index (κ3) is 3.04. The van der Waals surface area contributed by atoms with E-state index in [9.17, 15) is 0 Å². The molecule has 2 N–H and O–H groups in total. The fraction of sp³-hybridized carbons (Fsp3) is 0.167. The van der Waals surface area contributed by atoms with Crippen molar-refractivity contribution in [1.82, 2.24) is 9.78 Å². The van der Waals surface area contributed by atoms with Crippen LogP contribution in [-0.2, 0) is 13.7 Å². The molecule has 1 heterocycles. The Bertz CT molecular complexity index is 536. The second-order valence-corrected chi connectivity index (χ2v) is 4.10. The maximum atomic E-state index is 5.61. The Labute approximate surface area is 105 Å². The number of benzene rings is 1. The summed E-state index contributed by atoms with van der Waals surface area (Å²) in [5.41, 5.74) is 7.24. The maximum Gasteiger partial charge on any atom is 0.132 e. The topological polar surface area (TPSA) is 53.1 Å². The summed E-state index contributed by atoms with van der Waals surface area (Å²) >= 11 is 4.91. The van der Waals surface area contributed by atoms with Gasteiger partial charge in [-0.05, 0) is 18.2 Å². The molecular weight excluding hydrogens is 234 g/mol. The largest absolute Gasteiger partial charge is 0.487 e. The molecular formula is C12H13N3OS. The van der Waals surface area contributed by atoms with E-state index in [2.05, 4.69) is 5.10 Å². The van der Waals surface area contributed by atoms with Crippen molar-refractivity contribution in [2.45, 2.75) is 6.61 Å². The molecule has 0 atom stereocenters. The van der Waals surface area contributed by atoms with Gasteiger partial charge in [-0.1, -0.05) is 24.4 Å². The molecule has 1 aromatic carbocycles. The van der Waals surface area contributed by atoms with E-state index in [0.29, 0.717) is 11.6 Å². The Balaban J connectivity index is 2.04. The number of nitrogens with two attached hydrogens (primary N) is 1. The maximum absolute atomic E-state index is 5.61. The van der Waals surface area contributed by atoms with E-state index >= 15 is 0 Å². The van der Waals surface area contributed by atoms with Crippen molar-refractivity contribution in [2.75, 3.05) is 0 Å². The molecule has 5 heteroatoms. The molecule has 0 fully saturated rings. The lowest BCUT2D eigenvalue weighted by molar-refractivity contribution is 0.300. The summed E-state index contributed by atoms with van der Waals surface area (Å²) in [6, 6.07) is 9.33. The number of hydrogen-bond donors (Lipinski definition) is 1. The van der Waals surface area contributed by atoms with Crippen molar-refractivity contribution in [3.8, 4) is 5.75 Å². The van der Waals surface area contributed by atoms with E-state index in [4.69, 9.17) is 22.7 Å². The van der Waals surface area contributed by atoms with Crippen LogP contribution in [0, 0.1) is 0 Å². The van der Waals surface area contributed by atoms with Gasteiger partial charge in [0.2, 0.25) is 0 Å². The Morgan fingerprint density at radius 3 is 2.94 bits per heavy atom. The first kappa shape index (κ1) is 11.6. The molecule has 0 radical (unpaired) electrons. The molecule has 0 aliphatic rings. The smallest absolute Gasteiger partial charge is 0.132 e. The van der Waals surface area contributed by atoms with Gasteiger partial charge in [0, 0.05) is 18.8 Å². The predicted octanol–water partition coefficient (Wildman–Crippen LogP) is 1.63. The third-order valence-electron chi connectivity index (χ3n) is 2.27. The molecule has 0 aliphatic heterocycles. The van der Waals surface area contributed by atoms with Crippen molar-refractivity contribution in [3.05, 3.63) is 47.8 Å². The fourth-order valence-corrected chi connectivity index (χ4v) is 1.56. The molecule has 2 rings (SSSR count). The molecule has 1 aromatic heterocycles. The molecule has 0 spiro atoms. The second kappa shape index (κ2) is 4.97. The Hall–Kier alpha value is -1.88. The van der Waals surface area contributed by atoms with Gasteiger partial charge in [0.25, 0.3) is 0 Å². The number of nitrogens with zero attached hydrogens (tertiary/aromatic N) is 2. The zero-order valence-electron chi connectivity index (χ0n) is 9.46. The van der Waals surface area contributed by atoms with E-state index in [-0.39, 0.29) is 0 Å². The van der Waals surface area contributed by atoms with Crippen LogP contribution in [0.4, 0.5) is 0 Å². The highest BCUT2D eigenvalue weighted by molar-refractivity contribution is 7.80. The van der Waals surface area contributed by atoms with Crippen LogP contribution in [0.25, 0.3) is 0 Å². The standard InChI is InChI=1S/C12H13N3OS/c1-15-6-5-10(14-15)8-16-11-4-2-3-9(7-11)12(13)17/h2-7H,8H2,1H3,(H2,13,17). The zero-order chi connectivity index (χ0) is 12.3. The van der Waals surface area contributed by atoms with Crippen LogP contribution in [0.3, 0.4) is 0 Å². The van der Waals surface area contributed by atoms with Crippen molar-refractivity contribution in [2.24, 2.45) is 12.8 Å². The summed E-state index contributed by atoms with van der Waals surface area (Å²) in [6.45, 7) is 0.432. The molecule has 0 saturated carbocycles. The lowest BCUT2D eigenvalue weighted by atomic mass is 10.2. The third-order valence-corrected chi connectivity index (χ3v) is 2.51. The Morgan fingerprint density at radius 2 is 2.29 bits per heavy atom. The molecule has 17 heavy (non-hydrogen) atoms. The van der Waals surface area contributed by atoms with E-state index in [0.717, 1.165) is 17.0 Å². The fourth-order valence-electron chi connectivity index (χ4n) is 1.44. The lowest BCUT2D eigenvalue weighted by Crippen LogP contribution is -2.09. The summed E-state index contributed by atoms with van der Waals surface area (Å²) in [4.78, 5) is 0.369. The first-order valence-electron chi connectivity index (χ1n) is 5.16. The average Bonchev–Trinajstić information content (AvgIpc) is 2.73. The van der Waals surface area contributed by atoms with Gasteiger partial charge >= 0.3 is 0 Å². The van der Waals surface area contributed by atoms with Crippen LogP contribution in [0.15, 0.2) is 36.5 Å². The SMILES string of the molecule is Cn1ccc(COc2cccc(C(N)=S)c2)n1. The highest BCUT2D eigenvalue weighted by Gasteiger charge is 2.01. The quantitative estimate of drug-likeness (QED) is 0.834. The summed E-state index contributed by atoms with van der Waals surface area (Å²) in [5.74, 6) is 0.737. The zero-order valence-corrected chi connectivity index (χ0v) is 10.3. The van der Waals surface area contributed by atoms with Crippen LogP contribution in [0.1, 0.15) is 11.3 Å². The second-order valence-electron chi connectivity index (χ2n) is 3.66. The Kier molecular flexibility index (Phi) is 3.39. The lowest BCUT2D eigenvalue weighted by Gasteiger charge is -2.05. The monoisotopic (exact) mass is 247 g/mol. The molecule has 4 nitrogen and oxygen atoms in total. The van der Waals surface area contributed by atoms with Gasteiger partial charge in [0.05, 0.1) is 5.69 Å². The van der Waals surface area contributed by atoms with Gasteiger partial charge < -0.3 is 10.5 Å². The number of rotatable bonds is 4. The van der Waals surface area contributed by atoms with Crippen LogP contribution in [0.5, 0.6) is 5.75 Å². The number of ether oxygens (including phenoxy) is 1. The number of hydrogen-bond acceptors (Lipinski definition) is 3. The number of aryl methyl sites for hydroxylation is 1. The van der Waals surface area contributed by atoms with Gasteiger partial charge in [-0.2, -0.15) is 5.10 Å². The molecule has 0 unspecified atom stereocenters.